The number of aliphatic hydroxyl groups is 1. The van der Waals surface area contributed by atoms with E-state index in [1.165, 1.54) is 0 Å². The van der Waals surface area contributed by atoms with Crippen LogP contribution in [0.4, 0.5) is 0 Å². The second-order valence-electron chi connectivity index (χ2n) is 5.58. The van der Waals surface area contributed by atoms with Crippen molar-refractivity contribution in [2.75, 3.05) is 26.3 Å². The lowest BCUT2D eigenvalue weighted by molar-refractivity contribution is -0.0141. The number of rotatable bonds is 10. The average molecular weight is 316 g/mol. The Kier molecular flexibility index (Phi) is 8.22. The smallest absolute Gasteiger partial charge is 0.0897 e. The van der Waals surface area contributed by atoms with Crippen molar-refractivity contribution in [2.24, 2.45) is 0 Å². The zero-order valence-electron chi connectivity index (χ0n) is 13.1. The van der Waals surface area contributed by atoms with E-state index in [4.69, 9.17) is 21.1 Å². The Morgan fingerprint density at radius 2 is 2.05 bits per heavy atom. The molecule has 120 valence electrons. The molecule has 0 aliphatic carbocycles. The summed E-state index contributed by atoms with van der Waals surface area (Å²) in [7, 11) is 0. The van der Waals surface area contributed by atoms with Crippen molar-refractivity contribution in [1.82, 2.24) is 5.32 Å². The van der Waals surface area contributed by atoms with Crippen LogP contribution in [0.25, 0.3) is 0 Å². The van der Waals surface area contributed by atoms with E-state index in [-0.39, 0.29) is 12.2 Å². The molecule has 0 radical (unpaired) electrons. The molecule has 0 aromatic heterocycles. The molecule has 1 aromatic carbocycles. The molecular formula is C16H26ClNO3. The van der Waals surface area contributed by atoms with E-state index in [0.717, 1.165) is 5.56 Å². The van der Waals surface area contributed by atoms with E-state index in [9.17, 15) is 5.11 Å². The van der Waals surface area contributed by atoms with Crippen LogP contribution in [0.2, 0.25) is 5.02 Å². The molecule has 1 aromatic rings. The van der Waals surface area contributed by atoms with Gasteiger partial charge in [0, 0.05) is 24.7 Å². The molecule has 21 heavy (non-hydrogen) atoms. The van der Waals surface area contributed by atoms with Crippen LogP contribution in [0.3, 0.4) is 0 Å². The van der Waals surface area contributed by atoms with Gasteiger partial charge in [-0.15, -0.1) is 0 Å². The Balaban J connectivity index is 2.17. The second kappa shape index (κ2) is 9.38. The Labute approximate surface area is 132 Å². The Morgan fingerprint density at radius 3 is 2.71 bits per heavy atom. The minimum absolute atomic E-state index is 0.229. The zero-order valence-corrected chi connectivity index (χ0v) is 13.8. The predicted molar refractivity (Wildman–Crippen MR) is 85.7 cm³/mol. The monoisotopic (exact) mass is 315 g/mol. The molecule has 1 atom stereocenters. The lowest BCUT2D eigenvalue weighted by atomic mass is 10.1. The van der Waals surface area contributed by atoms with E-state index < -0.39 is 6.10 Å². The van der Waals surface area contributed by atoms with Crippen LogP contribution >= 0.6 is 11.6 Å². The molecule has 0 amide bonds. The van der Waals surface area contributed by atoms with Crippen LogP contribution in [0.15, 0.2) is 24.3 Å². The number of hydrogen-bond donors (Lipinski definition) is 2. The van der Waals surface area contributed by atoms with E-state index in [2.05, 4.69) is 5.32 Å². The average Bonchev–Trinajstić information content (AvgIpc) is 2.40. The molecule has 0 saturated heterocycles. The first-order chi connectivity index (χ1) is 9.94. The molecule has 5 heteroatoms. The molecule has 0 aliphatic rings. The predicted octanol–water partition coefficient (Wildman–Crippen LogP) is 2.62. The van der Waals surface area contributed by atoms with E-state index in [1.807, 2.05) is 45.0 Å². The highest BCUT2D eigenvalue weighted by atomic mass is 35.5. The highest BCUT2D eigenvalue weighted by molar-refractivity contribution is 6.31. The number of nitrogens with one attached hydrogen (secondary N) is 1. The minimum atomic E-state index is -0.551. The summed E-state index contributed by atoms with van der Waals surface area (Å²) in [5, 5.41) is 13.7. The normalized spacial score (nSPS) is 13.4. The number of halogens is 1. The maximum absolute atomic E-state index is 9.86. The Hall–Kier alpha value is -0.650. The van der Waals surface area contributed by atoms with Gasteiger partial charge >= 0.3 is 0 Å². The molecule has 0 saturated carbocycles. The van der Waals surface area contributed by atoms with Crippen molar-refractivity contribution >= 4 is 11.6 Å². The zero-order chi connectivity index (χ0) is 15.7. The van der Waals surface area contributed by atoms with Gasteiger partial charge in [-0.25, -0.2) is 0 Å². The summed E-state index contributed by atoms with van der Waals surface area (Å²) in [6.07, 6.45) is -0.551. The third-order valence-electron chi connectivity index (χ3n) is 2.99. The van der Waals surface area contributed by atoms with E-state index >= 15 is 0 Å². The largest absolute Gasteiger partial charge is 0.389 e. The first-order valence-electron chi connectivity index (χ1n) is 7.28. The third kappa shape index (κ3) is 7.79. The van der Waals surface area contributed by atoms with Gasteiger partial charge in [0.2, 0.25) is 0 Å². The fraction of sp³-hybridized carbons (Fsp3) is 0.625. The summed E-state index contributed by atoms with van der Waals surface area (Å²) in [4.78, 5) is 0. The van der Waals surface area contributed by atoms with Gasteiger partial charge in [0.25, 0.3) is 0 Å². The first-order valence-corrected chi connectivity index (χ1v) is 7.66. The summed E-state index contributed by atoms with van der Waals surface area (Å²) in [5.41, 5.74) is 0.698. The van der Waals surface area contributed by atoms with Gasteiger partial charge in [0.05, 0.1) is 24.9 Å². The van der Waals surface area contributed by atoms with Gasteiger partial charge in [-0.2, -0.15) is 0 Å². The standard InChI is InChI=1S/C16H26ClNO3/c1-4-21-16(2,3)12-18-9-14(19)11-20-10-13-7-5-6-8-15(13)17/h5-8,14,18-19H,4,9-12H2,1-3H3. The van der Waals surface area contributed by atoms with Crippen LogP contribution in [-0.2, 0) is 16.1 Å². The maximum atomic E-state index is 9.86. The van der Waals surface area contributed by atoms with Gasteiger partial charge in [-0.1, -0.05) is 29.8 Å². The first kappa shape index (κ1) is 18.4. The Bertz CT molecular complexity index is 412. The second-order valence-corrected chi connectivity index (χ2v) is 5.99. The molecule has 0 heterocycles. The summed E-state index contributed by atoms with van der Waals surface area (Å²) >= 11 is 6.03. The van der Waals surface area contributed by atoms with E-state index in [0.29, 0.717) is 31.3 Å². The number of ether oxygens (including phenoxy) is 2. The Morgan fingerprint density at radius 1 is 1.33 bits per heavy atom. The van der Waals surface area contributed by atoms with E-state index in [1.54, 1.807) is 0 Å². The molecular weight excluding hydrogens is 290 g/mol. The van der Waals surface area contributed by atoms with Crippen LogP contribution < -0.4 is 5.32 Å². The lowest BCUT2D eigenvalue weighted by Crippen LogP contribution is -2.41. The number of hydrogen-bond acceptors (Lipinski definition) is 4. The number of benzene rings is 1. The lowest BCUT2D eigenvalue weighted by Gasteiger charge is -2.25. The molecule has 2 N–H and O–H groups in total. The molecule has 4 nitrogen and oxygen atoms in total. The highest BCUT2D eigenvalue weighted by Crippen LogP contribution is 2.15. The van der Waals surface area contributed by atoms with Crippen molar-refractivity contribution in [1.29, 1.82) is 0 Å². The highest BCUT2D eigenvalue weighted by Gasteiger charge is 2.17. The number of aliphatic hydroxyl groups excluding tert-OH is 1. The molecule has 0 fully saturated rings. The fourth-order valence-electron chi connectivity index (χ4n) is 1.96. The van der Waals surface area contributed by atoms with Crippen molar-refractivity contribution in [3.63, 3.8) is 0 Å². The van der Waals surface area contributed by atoms with Gasteiger partial charge in [0.1, 0.15) is 0 Å². The van der Waals surface area contributed by atoms with Crippen molar-refractivity contribution < 1.29 is 14.6 Å². The summed E-state index contributed by atoms with van der Waals surface area (Å²) < 4.78 is 11.1. The van der Waals surface area contributed by atoms with Crippen molar-refractivity contribution in [3.8, 4) is 0 Å². The van der Waals surface area contributed by atoms with Gasteiger partial charge < -0.3 is 19.9 Å². The van der Waals surface area contributed by atoms with Crippen LogP contribution in [0.1, 0.15) is 26.3 Å². The molecule has 0 bridgehead atoms. The maximum Gasteiger partial charge on any atom is 0.0897 e. The van der Waals surface area contributed by atoms with Crippen LogP contribution in [0.5, 0.6) is 0 Å². The van der Waals surface area contributed by atoms with Gasteiger partial charge in [-0.05, 0) is 32.4 Å². The quantitative estimate of drug-likeness (QED) is 0.697. The molecule has 1 rings (SSSR count). The van der Waals surface area contributed by atoms with Crippen LogP contribution in [-0.4, -0.2) is 43.1 Å². The summed E-state index contributed by atoms with van der Waals surface area (Å²) in [6, 6.07) is 7.54. The minimum Gasteiger partial charge on any atom is -0.389 e. The van der Waals surface area contributed by atoms with Crippen molar-refractivity contribution in [2.45, 2.75) is 39.1 Å². The summed E-state index contributed by atoms with van der Waals surface area (Å²) in [5.74, 6) is 0. The molecule has 0 aliphatic heterocycles. The SMILES string of the molecule is CCOC(C)(C)CNCC(O)COCc1ccccc1Cl. The van der Waals surface area contributed by atoms with Crippen LogP contribution in [0, 0.1) is 0 Å². The molecule has 0 spiro atoms. The fourth-order valence-corrected chi connectivity index (χ4v) is 2.15. The van der Waals surface area contributed by atoms with Gasteiger partial charge in [0.15, 0.2) is 0 Å². The van der Waals surface area contributed by atoms with Gasteiger partial charge in [-0.3, -0.25) is 0 Å². The summed E-state index contributed by atoms with van der Waals surface area (Å²) in [6.45, 7) is 8.51. The topological polar surface area (TPSA) is 50.7 Å². The third-order valence-corrected chi connectivity index (χ3v) is 3.36. The van der Waals surface area contributed by atoms with Crippen molar-refractivity contribution in [3.05, 3.63) is 34.9 Å². The molecule has 1 unspecified atom stereocenters.